The molecule has 4 N–H and O–H groups in total. The molecule has 0 bridgehead atoms. The maximum atomic E-state index is 14.4. The Bertz CT molecular complexity index is 1040. The van der Waals surface area contributed by atoms with E-state index < -0.39 is 4.65 Å². The van der Waals surface area contributed by atoms with Crippen molar-refractivity contribution >= 4 is 57.2 Å². The number of fused-ring (bicyclic) bond motifs is 2. The molecule has 3 aromatic rings. The van der Waals surface area contributed by atoms with Crippen LogP contribution in [0.3, 0.4) is 0 Å². The second-order valence-electron chi connectivity index (χ2n) is 6.00. The van der Waals surface area contributed by atoms with Crippen LogP contribution in [-0.2, 0) is 0 Å². The van der Waals surface area contributed by atoms with Crippen molar-refractivity contribution in [1.82, 2.24) is 4.65 Å². The number of rotatable bonds is 2. The zero-order chi connectivity index (χ0) is 18.5. The fraction of sp³-hybridized carbons (Fsp3) is 0. The molecule has 1 aliphatic heterocycles. The lowest BCUT2D eigenvalue weighted by molar-refractivity contribution is 0.103. The number of nitrogens with zero attached hydrogens (tertiary/aromatic N) is 1. The fourth-order valence-corrected chi connectivity index (χ4v) is 3.70. The summed E-state index contributed by atoms with van der Waals surface area (Å²) in [6, 6.07) is 16.5. The van der Waals surface area contributed by atoms with Crippen molar-refractivity contribution in [1.29, 1.82) is 0 Å². The van der Waals surface area contributed by atoms with Crippen LogP contribution in [-0.4, -0.2) is 5.78 Å². The quantitative estimate of drug-likeness (QED) is 0.253. The van der Waals surface area contributed by atoms with Gasteiger partial charge in [0, 0.05) is 29.6 Å². The van der Waals surface area contributed by atoms with Gasteiger partial charge in [0.1, 0.15) is 11.3 Å². The van der Waals surface area contributed by atoms with Gasteiger partial charge >= 0.3 is 0 Å². The molecule has 6 nitrogen and oxygen atoms in total. The Labute approximate surface area is 163 Å². The van der Waals surface area contributed by atoms with Gasteiger partial charge in [-0.25, -0.2) is 0 Å². The topological polar surface area (TPSA) is 101 Å². The largest absolute Gasteiger partial charge is 0.616 e. The van der Waals surface area contributed by atoms with Crippen molar-refractivity contribution in [2.75, 3.05) is 11.5 Å². The molecule has 0 spiro atoms. The van der Waals surface area contributed by atoms with Gasteiger partial charge in [0.2, 0.25) is 5.78 Å². The summed E-state index contributed by atoms with van der Waals surface area (Å²) >= 11 is 1.70. The van der Waals surface area contributed by atoms with E-state index in [9.17, 15) is 10.0 Å². The first kappa shape index (κ1) is 16.8. The number of anilines is 2. The van der Waals surface area contributed by atoms with E-state index in [1.807, 2.05) is 0 Å². The molecular formula is C19H14IN3O3. The zero-order valence-corrected chi connectivity index (χ0v) is 15.6. The van der Waals surface area contributed by atoms with Gasteiger partial charge in [-0.1, -0.05) is 12.1 Å². The number of para-hydroxylation sites is 1. The summed E-state index contributed by atoms with van der Waals surface area (Å²) in [6.07, 6.45) is 0. The van der Waals surface area contributed by atoms with Crippen LogP contribution < -0.4 is 19.2 Å². The van der Waals surface area contributed by atoms with Gasteiger partial charge in [0.05, 0.1) is 5.56 Å². The summed E-state index contributed by atoms with van der Waals surface area (Å²) in [7, 11) is 0. The van der Waals surface area contributed by atoms with Crippen molar-refractivity contribution in [2.24, 2.45) is 0 Å². The van der Waals surface area contributed by atoms with E-state index in [1.165, 1.54) is 0 Å². The minimum Gasteiger partial charge on any atom is -0.616 e. The molecule has 0 fully saturated rings. The lowest BCUT2D eigenvalue weighted by Gasteiger charge is -2.45. The number of quaternary nitrogens is 1. The molecule has 3 aromatic carbocycles. The van der Waals surface area contributed by atoms with Crippen LogP contribution in [0.2, 0.25) is 0 Å². The van der Waals surface area contributed by atoms with Crippen LogP contribution >= 0.6 is 23.0 Å². The Morgan fingerprint density at radius 1 is 0.962 bits per heavy atom. The number of benzene rings is 3. The first-order chi connectivity index (χ1) is 12.5. The minimum atomic E-state index is -0.985. The second kappa shape index (κ2) is 5.97. The number of carbonyl (C=O) groups is 1. The van der Waals surface area contributed by atoms with E-state index in [4.69, 9.17) is 14.5 Å². The molecule has 0 aliphatic carbocycles. The van der Waals surface area contributed by atoms with E-state index in [-0.39, 0.29) is 22.7 Å². The molecule has 0 saturated carbocycles. The van der Waals surface area contributed by atoms with Crippen molar-refractivity contribution in [3.05, 3.63) is 77.0 Å². The Morgan fingerprint density at radius 2 is 1.65 bits per heavy atom. The molecule has 26 heavy (non-hydrogen) atoms. The molecule has 0 aromatic heterocycles. The van der Waals surface area contributed by atoms with E-state index in [1.54, 1.807) is 83.7 Å². The van der Waals surface area contributed by atoms with Crippen molar-refractivity contribution in [3.8, 4) is 5.75 Å². The summed E-state index contributed by atoms with van der Waals surface area (Å²) in [4.78, 5) is 13.1. The van der Waals surface area contributed by atoms with Gasteiger partial charge in [0.15, 0.2) is 40.1 Å². The van der Waals surface area contributed by atoms with Crippen LogP contribution in [0.15, 0.2) is 60.7 Å². The van der Waals surface area contributed by atoms with Crippen LogP contribution in [0.4, 0.5) is 28.4 Å². The number of nitrogen functional groups attached to an aromatic ring is 2. The maximum absolute atomic E-state index is 14.4. The van der Waals surface area contributed by atoms with E-state index >= 15 is 0 Å². The van der Waals surface area contributed by atoms with Crippen molar-refractivity contribution in [2.45, 2.75) is 0 Å². The second-order valence-corrected chi connectivity index (χ2v) is 6.44. The van der Waals surface area contributed by atoms with Crippen molar-refractivity contribution in [3.63, 3.8) is 0 Å². The Kier molecular flexibility index (Phi) is 3.87. The number of halogens is 1. The minimum absolute atomic E-state index is 0.171. The van der Waals surface area contributed by atoms with Crippen LogP contribution in [0, 0.1) is 5.21 Å². The Hall–Kier alpha value is -2.62. The predicted molar refractivity (Wildman–Crippen MR) is 111 cm³/mol. The maximum Gasteiger partial charge on any atom is 0.207 e. The van der Waals surface area contributed by atoms with Gasteiger partial charge in [-0.15, -0.1) is 0 Å². The van der Waals surface area contributed by atoms with E-state index in [2.05, 4.69) is 0 Å². The molecule has 0 radical (unpaired) electrons. The molecule has 7 heteroatoms. The average Bonchev–Trinajstić information content (AvgIpc) is 2.66. The summed E-state index contributed by atoms with van der Waals surface area (Å²) in [5.41, 5.74) is 14.0. The van der Waals surface area contributed by atoms with E-state index in [0.29, 0.717) is 28.4 Å². The monoisotopic (exact) mass is 459 g/mol. The first-order valence-corrected chi connectivity index (χ1v) is 8.68. The lowest BCUT2D eigenvalue weighted by atomic mass is 9.91. The molecule has 1 heterocycles. The number of nitrogens with two attached hydrogens (primary N) is 2. The molecule has 4 rings (SSSR count). The third-order valence-electron chi connectivity index (χ3n) is 4.54. The van der Waals surface area contributed by atoms with Crippen LogP contribution in [0.1, 0.15) is 15.9 Å². The zero-order valence-electron chi connectivity index (χ0n) is 13.5. The number of hydrogen-bond acceptors (Lipinski definition) is 5. The smallest absolute Gasteiger partial charge is 0.207 e. The van der Waals surface area contributed by atoms with Gasteiger partial charge in [-0.2, -0.15) is 0 Å². The SMILES string of the molecule is Nc1ccc([N+]2([O-])c3ccccc3C(=O)c3c(N)ccc(OI)c32)cc1. The van der Waals surface area contributed by atoms with Gasteiger partial charge in [-0.3, -0.25) is 9.44 Å². The number of ketones is 1. The number of hydrogen-bond donors (Lipinski definition) is 2. The van der Waals surface area contributed by atoms with Crippen LogP contribution in [0.25, 0.3) is 0 Å². The number of carbonyl (C=O) groups excluding carboxylic acids is 1. The summed E-state index contributed by atoms with van der Waals surface area (Å²) in [5.74, 6) is 0.00734. The third-order valence-corrected chi connectivity index (χ3v) is 5.02. The average molecular weight is 459 g/mol. The normalized spacial score (nSPS) is 18.2. The highest BCUT2D eigenvalue weighted by Crippen LogP contribution is 2.55. The van der Waals surface area contributed by atoms with E-state index in [0.717, 1.165) is 0 Å². The van der Waals surface area contributed by atoms with Gasteiger partial charge < -0.3 is 19.7 Å². The van der Waals surface area contributed by atoms with Crippen molar-refractivity contribution < 1.29 is 7.86 Å². The Morgan fingerprint density at radius 3 is 2.35 bits per heavy atom. The third kappa shape index (κ3) is 2.21. The summed E-state index contributed by atoms with van der Waals surface area (Å²) < 4.78 is 4.41. The molecule has 1 atom stereocenters. The van der Waals surface area contributed by atoms with Gasteiger partial charge in [0.25, 0.3) is 0 Å². The molecule has 1 aliphatic rings. The molecule has 130 valence electrons. The molecule has 0 saturated heterocycles. The molecular weight excluding hydrogens is 445 g/mol. The Balaban J connectivity index is 2.16. The summed E-state index contributed by atoms with van der Waals surface area (Å²) in [6.45, 7) is 0. The highest BCUT2D eigenvalue weighted by molar-refractivity contribution is 14.1. The molecule has 0 amide bonds. The summed E-state index contributed by atoms with van der Waals surface area (Å²) in [5, 5.41) is 14.4. The molecule has 1 unspecified atom stereocenters. The fourth-order valence-electron chi connectivity index (χ4n) is 3.35. The predicted octanol–water partition coefficient (Wildman–Crippen LogP) is 4.59. The highest BCUT2D eigenvalue weighted by Gasteiger charge is 2.44. The standard InChI is InChI=1S/C19H14IN3O3/c20-26-16-10-9-14(22)17-18(16)23(25,12-7-5-11(21)6-8-12)15-4-2-1-3-13(15)19(17)24/h1-10H,21-22H2. The lowest BCUT2D eigenvalue weighted by Crippen LogP contribution is -2.38. The van der Waals surface area contributed by atoms with Gasteiger partial charge in [-0.05, 0) is 30.3 Å². The van der Waals surface area contributed by atoms with Crippen LogP contribution in [0.5, 0.6) is 5.75 Å². The first-order valence-electron chi connectivity index (χ1n) is 7.80. The highest BCUT2D eigenvalue weighted by atomic mass is 127.